The third-order valence-corrected chi connectivity index (χ3v) is 3.31. The van der Waals surface area contributed by atoms with Crippen LogP contribution in [0.1, 0.15) is 55.4 Å². The van der Waals surface area contributed by atoms with Gasteiger partial charge < -0.3 is 10.1 Å². The second-order valence-corrected chi connectivity index (χ2v) is 8.53. The molecule has 0 spiro atoms. The molecule has 1 heterocycles. The summed E-state index contributed by atoms with van der Waals surface area (Å²) in [6.07, 6.45) is 0. The molecule has 1 fully saturated rings. The lowest BCUT2D eigenvalue weighted by Gasteiger charge is -2.48. The van der Waals surface area contributed by atoms with Gasteiger partial charge in [-0.15, -0.1) is 0 Å². The molecule has 1 unspecified atom stereocenters. The van der Waals surface area contributed by atoms with Crippen LogP contribution in [-0.2, 0) is 4.74 Å². The molecule has 0 amide bonds. The third-order valence-electron chi connectivity index (χ3n) is 3.31. The van der Waals surface area contributed by atoms with Gasteiger partial charge in [-0.2, -0.15) is 0 Å². The summed E-state index contributed by atoms with van der Waals surface area (Å²) in [7, 11) is 0. The van der Waals surface area contributed by atoms with E-state index in [9.17, 15) is 0 Å². The highest BCUT2D eigenvalue weighted by Crippen LogP contribution is 2.28. The molecule has 0 aromatic heterocycles. The number of nitrogens with zero attached hydrogens (tertiary/aromatic N) is 1. The summed E-state index contributed by atoms with van der Waals surface area (Å²) in [6, 6.07) is 0. The van der Waals surface area contributed by atoms with Gasteiger partial charge in [0.2, 0.25) is 0 Å². The molecule has 0 aromatic rings. The van der Waals surface area contributed by atoms with Crippen LogP contribution in [-0.4, -0.2) is 47.8 Å². The first-order valence-electron chi connectivity index (χ1n) is 7.56. The summed E-state index contributed by atoms with van der Waals surface area (Å²) in [5, 5.41) is 3.59. The smallest absolute Gasteiger partial charge is 0.0760 e. The Hall–Kier alpha value is -0.120. The van der Waals surface area contributed by atoms with Gasteiger partial charge in [-0.1, -0.05) is 6.92 Å². The van der Waals surface area contributed by atoms with Crippen LogP contribution in [0.3, 0.4) is 0 Å². The van der Waals surface area contributed by atoms with Crippen LogP contribution >= 0.6 is 0 Å². The number of nitrogens with one attached hydrogen (secondary N) is 1. The summed E-state index contributed by atoms with van der Waals surface area (Å²) in [5.41, 5.74) is 0.121. The topological polar surface area (TPSA) is 24.5 Å². The van der Waals surface area contributed by atoms with E-state index in [4.69, 9.17) is 4.74 Å². The normalized spacial score (nSPS) is 25.3. The fraction of sp³-hybridized carbons (Fsp3) is 1.00. The van der Waals surface area contributed by atoms with Gasteiger partial charge in [-0.3, -0.25) is 4.90 Å². The maximum absolute atomic E-state index is 6.13. The van der Waals surface area contributed by atoms with Crippen molar-refractivity contribution in [3.63, 3.8) is 0 Å². The van der Waals surface area contributed by atoms with Crippen molar-refractivity contribution in [3.05, 3.63) is 0 Å². The largest absolute Gasteiger partial charge is 0.367 e. The van der Waals surface area contributed by atoms with Crippen LogP contribution in [0.2, 0.25) is 0 Å². The van der Waals surface area contributed by atoms with E-state index in [1.165, 1.54) is 0 Å². The van der Waals surface area contributed by atoms with E-state index in [-0.39, 0.29) is 16.7 Å². The fourth-order valence-electron chi connectivity index (χ4n) is 3.06. The standard InChI is InChI=1S/C16H34N2O/c1-13(9-17-14(2,3)4)10-18-11-15(5,6)19-16(7,8)12-18/h13,17H,9-12H2,1-8H3. The molecule has 1 rings (SSSR count). The summed E-state index contributed by atoms with van der Waals surface area (Å²) < 4.78 is 6.13. The lowest BCUT2D eigenvalue weighted by molar-refractivity contribution is -0.181. The summed E-state index contributed by atoms with van der Waals surface area (Å²) in [4.78, 5) is 2.55. The lowest BCUT2D eigenvalue weighted by Crippen LogP contribution is -2.58. The minimum Gasteiger partial charge on any atom is -0.367 e. The average molecular weight is 270 g/mol. The highest BCUT2D eigenvalue weighted by Gasteiger charge is 2.38. The van der Waals surface area contributed by atoms with E-state index in [1.54, 1.807) is 0 Å². The van der Waals surface area contributed by atoms with E-state index >= 15 is 0 Å². The number of morpholine rings is 1. The van der Waals surface area contributed by atoms with Gasteiger partial charge >= 0.3 is 0 Å². The molecule has 19 heavy (non-hydrogen) atoms. The van der Waals surface area contributed by atoms with Crippen molar-refractivity contribution in [2.45, 2.75) is 72.1 Å². The zero-order chi connectivity index (χ0) is 14.9. The molecule has 3 nitrogen and oxygen atoms in total. The molecule has 0 aromatic carbocycles. The monoisotopic (exact) mass is 270 g/mol. The molecule has 0 radical (unpaired) electrons. The van der Waals surface area contributed by atoms with E-state index < -0.39 is 0 Å². The summed E-state index contributed by atoms with van der Waals surface area (Å²) in [6.45, 7) is 22.0. The second-order valence-electron chi connectivity index (χ2n) is 8.53. The van der Waals surface area contributed by atoms with E-state index in [0.29, 0.717) is 5.92 Å². The van der Waals surface area contributed by atoms with Gasteiger partial charge in [0, 0.05) is 25.2 Å². The van der Waals surface area contributed by atoms with Crippen LogP contribution in [0.15, 0.2) is 0 Å². The molecule has 3 heteroatoms. The van der Waals surface area contributed by atoms with Crippen molar-refractivity contribution in [2.75, 3.05) is 26.2 Å². The van der Waals surface area contributed by atoms with Crippen molar-refractivity contribution < 1.29 is 4.74 Å². The lowest BCUT2D eigenvalue weighted by atomic mass is 9.97. The first kappa shape index (κ1) is 16.9. The molecular weight excluding hydrogens is 236 g/mol. The van der Waals surface area contributed by atoms with Gasteiger partial charge in [-0.05, 0) is 60.9 Å². The van der Waals surface area contributed by atoms with E-state index in [1.807, 2.05) is 0 Å². The third kappa shape index (κ3) is 6.73. The zero-order valence-electron chi connectivity index (χ0n) is 14.3. The van der Waals surface area contributed by atoms with E-state index in [0.717, 1.165) is 26.2 Å². The van der Waals surface area contributed by atoms with Crippen molar-refractivity contribution in [1.82, 2.24) is 10.2 Å². The Balaban J connectivity index is 2.47. The van der Waals surface area contributed by atoms with Crippen molar-refractivity contribution in [2.24, 2.45) is 5.92 Å². The molecule has 1 atom stereocenters. The minimum absolute atomic E-state index is 0.0427. The van der Waals surface area contributed by atoms with Crippen LogP contribution in [0.5, 0.6) is 0 Å². The summed E-state index contributed by atoms with van der Waals surface area (Å²) in [5.74, 6) is 0.656. The van der Waals surface area contributed by atoms with Crippen LogP contribution in [0.4, 0.5) is 0 Å². The van der Waals surface area contributed by atoms with Crippen molar-refractivity contribution in [1.29, 1.82) is 0 Å². The quantitative estimate of drug-likeness (QED) is 0.850. The van der Waals surface area contributed by atoms with Crippen LogP contribution in [0, 0.1) is 5.92 Å². The predicted molar refractivity (Wildman–Crippen MR) is 82.6 cm³/mol. The Labute approximate surface area is 120 Å². The molecule has 1 aliphatic rings. The Bertz CT molecular complexity index is 276. The van der Waals surface area contributed by atoms with Crippen molar-refractivity contribution >= 4 is 0 Å². The minimum atomic E-state index is -0.0427. The Morgan fingerprint density at radius 1 is 1.11 bits per heavy atom. The molecule has 0 bridgehead atoms. The maximum atomic E-state index is 6.13. The van der Waals surface area contributed by atoms with Crippen LogP contribution in [0.25, 0.3) is 0 Å². The molecule has 114 valence electrons. The van der Waals surface area contributed by atoms with Gasteiger partial charge in [0.05, 0.1) is 11.2 Å². The highest BCUT2D eigenvalue weighted by molar-refractivity contribution is 4.89. The zero-order valence-corrected chi connectivity index (χ0v) is 14.3. The Kier molecular flexibility index (Phi) is 5.09. The fourth-order valence-corrected chi connectivity index (χ4v) is 3.06. The first-order chi connectivity index (χ1) is 8.39. The van der Waals surface area contributed by atoms with Gasteiger partial charge in [0.25, 0.3) is 0 Å². The number of hydrogen-bond acceptors (Lipinski definition) is 3. The van der Waals surface area contributed by atoms with Crippen LogP contribution < -0.4 is 5.32 Å². The molecule has 1 saturated heterocycles. The molecule has 1 aliphatic heterocycles. The number of hydrogen-bond donors (Lipinski definition) is 1. The van der Waals surface area contributed by atoms with Gasteiger partial charge in [0.15, 0.2) is 0 Å². The average Bonchev–Trinajstić information content (AvgIpc) is 2.07. The molecule has 0 aliphatic carbocycles. The Morgan fingerprint density at radius 3 is 2.00 bits per heavy atom. The van der Waals surface area contributed by atoms with Crippen molar-refractivity contribution in [3.8, 4) is 0 Å². The SMILES string of the molecule is CC(CNC(C)(C)C)CN1CC(C)(C)OC(C)(C)C1. The Morgan fingerprint density at radius 2 is 1.58 bits per heavy atom. The molecule has 0 saturated carbocycles. The maximum Gasteiger partial charge on any atom is 0.0760 e. The number of ether oxygens (including phenoxy) is 1. The highest BCUT2D eigenvalue weighted by atomic mass is 16.5. The van der Waals surface area contributed by atoms with Gasteiger partial charge in [0.1, 0.15) is 0 Å². The molecular formula is C16H34N2O. The summed E-state index contributed by atoms with van der Waals surface area (Å²) >= 11 is 0. The predicted octanol–water partition coefficient (Wildman–Crippen LogP) is 2.90. The first-order valence-corrected chi connectivity index (χ1v) is 7.56. The van der Waals surface area contributed by atoms with Gasteiger partial charge in [-0.25, -0.2) is 0 Å². The molecule has 1 N–H and O–H groups in total. The second kappa shape index (κ2) is 5.71. The van der Waals surface area contributed by atoms with E-state index in [2.05, 4.69) is 65.6 Å². The number of rotatable bonds is 4.